The van der Waals surface area contributed by atoms with E-state index >= 15 is 0 Å². The van der Waals surface area contributed by atoms with Crippen LogP contribution in [0.15, 0.2) is 89.8 Å². The van der Waals surface area contributed by atoms with E-state index in [1.165, 1.54) is 16.2 Å². The fourth-order valence-electron chi connectivity index (χ4n) is 5.20. The van der Waals surface area contributed by atoms with Crippen molar-refractivity contribution in [2.45, 2.75) is 6.04 Å². The Morgan fingerprint density at radius 1 is 0.838 bits per heavy atom. The van der Waals surface area contributed by atoms with Crippen molar-refractivity contribution in [3.05, 3.63) is 100 Å². The van der Waals surface area contributed by atoms with E-state index in [1.807, 2.05) is 78.2 Å². The molecule has 1 atom stereocenters. The number of piperazine rings is 1. The number of carbonyl (C=O) groups excluding carboxylic acids is 2. The van der Waals surface area contributed by atoms with Crippen LogP contribution < -0.4 is 9.80 Å². The zero-order valence-electron chi connectivity index (χ0n) is 20.5. The van der Waals surface area contributed by atoms with E-state index in [9.17, 15) is 14.7 Å². The van der Waals surface area contributed by atoms with Gasteiger partial charge in [0, 0.05) is 48.0 Å². The minimum Gasteiger partial charge on any atom is -0.507 e. The van der Waals surface area contributed by atoms with Gasteiger partial charge in [-0.1, -0.05) is 42.5 Å². The molecule has 0 saturated carbocycles. The van der Waals surface area contributed by atoms with E-state index < -0.39 is 17.7 Å². The monoisotopic (exact) mass is 509 g/mol. The smallest absolute Gasteiger partial charge is 0.300 e. The number of fused-ring (bicyclic) bond motifs is 1. The molecule has 0 spiro atoms. The highest BCUT2D eigenvalue weighted by Gasteiger charge is 2.47. The summed E-state index contributed by atoms with van der Waals surface area (Å²) in [7, 11) is 2.12. The molecule has 186 valence electrons. The van der Waals surface area contributed by atoms with Gasteiger partial charge in [-0.25, -0.2) is 0 Å². The number of anilines is 2. The molecular formula is C30H27N3O3S. The van der Waals surface area contributed by atoms with Gasteiger partial charge in [0.25, 0.3) is 11.7 Å². The predicted molar refractivity (Wildman–Crippen MR) is 149 cm³/mol. The Labute approximate surface area is 219 Å². The van der Waals surface area contributed by atoms with Crippen molar-refractivity contribution in [1.82, 2.24) is 4.90 Å². The molecule has 0 aliphatic carbocycles. The summed E-state index contributed by atoms with van der Waals surface area (Å²) in [6, 6.07) is 24.3. The van der Waals surface area contributed by atoms with Gasteiger partial charge < -0.3 is 14.9 Å². The zero-order chi connectivity index (χ0) is 25.5. The lowest BCUT2D eigenvalue weighted by Crippen LogP contribution is -2.44. The molecule has 1 unspecified atom stereocenters. The summed E-state index contributed by atoms with van der Waals surface area (Å²) in [5.41, 5.74) is 2.36. The van der Waals surface area contributed by atoms with Crippen molar-refractivity contribution < 1.29 is 14.7 Å². The second-order valence-corrected chi connectivity index (χ2v) is 10.5. The molecule has 1 aromatic heterocycles. The van der Waals surface area contributed by atoms with E-state index in [0.29, 0.717) is 11.3 Å². The topological polar surface area (TPSA) is 64.1 Å². The van der Waals surface area contributed by atoms with Crippen molar-refractivity contribution in [2.24, 2.45) is 0 Å². The Hall–Kier alpha value is -3.94. The molecule has 2 aliphatic rings. The number of hydrogen-bond acceptors (Lipinski definition) is 6. The molecule has 6 rings (SSSR count). The summed E-state index contributed by atoms with van der Waals surface area (Å²) in [5, 5.41) is 15.3. The minimum absolute atomic E-state index is 0.117. The number of nitrogens with zero attached hydrogens (tertiary/aromatic N) is 3. The van der Waals surface area contributed by atoms with Crippen LogP contribution in [-0.4, -0.2) is 54.9 Å². The maximum absolute atomic E-state index is 13.4. The van der Waals surface area contributed by atoms with Crippen LogP contribution in [0.25, 0.3) is 16.5 Å². The Morgan fingerprint density at radius 2 is 1.54 bits per heavy atom. The lowest BCUT2D eigenvalue weighted by molar-refractivity contribution is -0.132. The maximum Gasteiger partial charge on any atom is 0.300 e. The van der Waals surface area contributed by atoms with Gasteiger partial charge in [-0.15, -0.1) is 11.3 Å². The first-order chi connectivity index (χ1) is 18.0. The molecule has 2 saturated heterocycles. The average Bonchev–Trinajstić information content (AvgIpc) is 3.55. The summed E-state index contributed by atoms with van der Waals surface area (Å²) in [6.45, 7) is 3.90. The minimum atomic E-state index is -0.694. The third-order valence-electron chi connectivity index (χ3n) is 7.28. The maximum atomic E-state index is 13.4. The lowest BCUT2D eigenvalue weighted by Gasteiger charge is -2.34. The van der Waals surface area contributed by atoms with Gasteiger partial charge in [0.1, 0.15) is 11.8 Å². The first-order valence-electron chi connectivity index (χ1n) is 12.4. The highest BCUT2D eigenvalue weighted by Crippen LogP contribution is 2.44. The standard InChI is InChI=1S/C30H27N3O3S/c1-31-14-16-32(17-15-31)23-10-12-24(13-11-23)33-27(25-7-4-18-37-25)26(29(35)30(33)36)28(34)22-9-8-20-5-2-3-6-21(20)19-22/h2-13,18-19,27,34H,14-17H2,1H3/b28-26-. The molecule has 7 heteroatoms. The summed E-state index contributed by atoms with van der Waals surface area (Å²) < 4.78 is 0. The number of amides is 1. The number of benzene rings is 3. The molecule has 2 fully saturated rings. The van der Waals surface area contributed by atoms with Gasteiger partial charge in [0.05, 0.1) is 5.57 Å². The highest BCUT2D eigenvalue weighted by molar-refractivity contribution is 7.10. The number of carbonyl (C=O) groups is 2. The number of aliphatic hydroxyl groups excluding tert-OH is 1. The number of Topliss-reactive ketones (excluding diaryl/α,β-unsaturated/α-hetero) is 1. The lowest BCUT2D eigenvalue weighted by atomic mass is 9.98. The van der Waals surface area contributed by atoms with Crippen molar-refractivity contribution in [3.8, 4) is 0 Å². The molecule has 37 heavy (non-hydrogen) atoms. The zero-order valence-corrected chi connectivity index (χ0v) is 21.3. The van der Waals surface area contributed by atoms with Crippen molar-refractivity contribution in [3.63, 3.8) is 0 Å². The SMILES string of the molecule is CN1CCN(c2ccc(N3C(=O)C(=O)/C(=C(\O)c4ccc5ccccc5c4)C3c3cccs3)cc2)CC1. The van der Waals surface area contributed by atoms with Gasteiger partial charge in [-0.05, 0) is 59.6 Å². The van der Waals surface area contributed by atoms with Gasteiger partial charge in [0.2, 0.25) is 0 Å². The number of likely N-dealkylation sites (N-methyl/N-ethyl adjacent to an activating group) is 1. The number of rotatable bonds is 4. The van der Waals surface area contributed by atoms with Crippen LogP contribution in [-0.2, 0) is 9.59 Å². The third-order valence-corrected chi connectivity index (χ3v) is 8.20. The van der Waals surface area contributed by atoms with Crippen LogP contribution in [0, 0.1) is 0 Å². The molecule has 0 radical (unpaired) electrons. The van der Waals surface area contributed by atoms with Gasteiger partial charge >= 0.3 is 0 Å². The Bertz CT molecular complexity index is 1500. The third kappa shape index (κ3) is 4.20. The molecule has 1 amide bonds. The first-order valence-corrected chi connectivity index (χ1v) is 13.3. The number of aliphatic hydroxyl groups is 1. The average molecular weight is 510 g/mol. The van der Waals surface area contributed by atoms with Crippen molar-refractivity contribution >= 4 is 50.9 Å². The van der Waals surface area contributed by atoms with Crippen LogP contribution in [0.1, 0.15) is 16.5 Å². The van der Waals surface area contributed by atoms with E-state index in [-0.39, 0.29) is 11.3 Å². The number of thiophene rings is 1. The second-order valence-electron chi connectivity index (χ2n) is 9.55. The highest BCUT2D eigenvalue weighted by atomic mass is 32.1. The van der Waals surface area contributed by atoms with E-state index in [2.05, 4.69) is 16.8 Å². The number of hydrogen-bond donors (Lipinski definition) is 1. The Kier molecular flexibility index (Phi) is 6.02. The van der Waals surface area contributed by atoms with E-state index in [1.54, 1.807) is 6.07 Å². The van der Waals surface area contributed by atoms with Crippen LogP contribution >= 0.6 is 11.3 Å². The predicted octanol–water partition coefficient (Wildman–Crippen LogP) is 5.28. The van der Waals surface area contributed by atoms with Crippen LogP contribution in [0.2, 0.25) is 0 Å². The fourth-order valence-corrected chi connectivity index (χ4v) is 6.02. The largest absolute Gasteiger partial charge is 0.507 e. The van der Waals surface area contributed by atoms with Crippen LogP contribution in [0.5, 0.6) is 0 Å². The Morgan fingerprint density at radius 3 is 2.24 bits per heavy atom. The molecule has 3 aromatic carbocycles. The van der Waals surface area contributed by atoms with E-state index in [0.717, 1.165) is 47.5 Å². The molecular weight excluding hydrogens is 482 g/mol. The summed E-state index contributed by atoms with van der Waals surface area (Å²) in [5.74, 6) is -1.46. The fraction of sp³-hybridized carbons (Fsp3) is 0.200. The first kappa shape index (κ1) is 23.5. The normalized spacial score (nSPS) is 20.2. The Balaban J connectivity index is 1.41. The molecule has 1 N–H and O–H groups in total. The summed E-state index contributed by atoms with van der Waals surface area (Å²) in [6.07, 6.45) is 0. The van der Waals surface area contributed by atoms with Gasteiger partial charge in [0.15, 0.2) is 0 Å². The van der Waals surface area contributed by atoms with Crippen molar-refractivity contribution in [2.75, 3.05) is 43.0 Å². The molecule has 4 aromatic rings. The summed E-state index contributed by atoms with van der Waals surface area (Å²) in [4.78, 5) is 33.8. The summed E-state index contributed by atoms with van der Waals surface area (Å²) >= 11 is 1.46. The number of ketones is 1. The second kappa shape index (κ2) is 9.50. The van der Waals surface area contributed by atoms with E-state index in [4.69, 9.17) is 0 Å². The molecule has 2 aliphatic heterocycles. The van der Waals surface area contributed by atoms with Crippen LogP contribution in [0.3, 0.4) is 0 Å². The van der Waals surface area contributed by atoms with Crippen molar-refractivity contribution in [1.29, 1.82) is 0 Å². The molecule has 0 bridgehead atoms. The molecule has 6 nitrogen and oxygen atoms in total. The van der Waals surface area contributed by atoms with Gasteiger partial charge in [-0.3, -0.25) is 14.5 Å². The van der Waals surface area contributed by atoms with Crippen LogP contribution in [0.4, 0.5) is 11.4 Å². The van der Waals surface area contributed by atoms with Gasteiger partial charge in [-0.2, -0.15) is 0 Å². The molecule has 3 heterocycles. The quantitative estimate of drug-likeness (QED) is 0.230.